The summed E-state index contributed by atoms with van der Waals surface area (Å²) >= 11 is 6.00. The average Bonchev–Trinajstić information content (AvgIpc) is 3.80. The zero-order chi connectivity index (χ0) is 41.5. The quantitative estimate of drug-likeness (QED) is 0.141. The number of hydrogen-bond acceptors (Lipinski definition) is 10. The van der Waals surface area contributed by atoms with Crippen molar-refractivity contribution in [3.63, 3.8) is 0 Å². The second-order valence-corrected chi connectivity index (χ2v) is 15.0. The average molecular weight is 816 g/mol. The van der Waals surface area contributed by atoms with E-state index in [0.717, 1.165) is 0 Å². The van der Waals surface area contributed by atoms with Crippen molar-refractivity contribution in [3.8, 4) is 22.6 Å². The molecule has 0 spiro atoms. The number of amides is 1. The van der Waals surface area contributed by atoms with Gasteiger partial charge in [0, 0.05) is 48.8 Å². The highest BCUT2D eigenvalue weighted by atomic mass is 35.5. The summed E-state index contributed by atoms with van der Waals surface area (Å²) in [6.07, 6.45) is 0. The smallest absolute Gasteiger partial charge is 0.264 e. The number of carbonyl (C=O) groups excluding carboxylic acids is 2. The molecular formula is C48H26ClN7O5. The number of nitrogens with zero attached hydrogens (tertiary/aromatic N) is 6. The summed E-state index contributed by atoms with van der Waals surface area (Å²) in [5.74, 6) is -1.29. The maximum Gasteiger partial charge on any atom is 0.264 e. The molecule has 1 amide bonds. The van der Waals surface area contributed by atoms with E-state index in [9.17, 15) is 24.6 Å². The van der Waals surface area contributed by atoms with Crippen LogP contribution in [-0.2, 0) is 0 Å². The number of hydrogen-bond donors (Lipinski definition) is 3. The summed E-state index contributed by atoms with van der Waals surface area (Å²) in [5, 5.41) is 47.1. The van der Waals surface area contributed by atoms with Gasteiger partial charge in [-0.25, -0.2) is 4.98 Å². The van der Waals surface area contributed by atoms with E-state index in [4.69, 9.17) is 16.6 Å². The number of anilines is 1. The van der Waals surface area contributed by atoms with Crippen molar-refractivity contribution in [2.45, 2.75) is 0 Å². The van der Waals surface area contributed by atoms with Gasteiger partial charge in [-0.15, -0.1) is 10.2 Å². The van der Waals surface area contributed by atoms with Crippen LogP contribution in [0.15, 0.2) is 165 Å². The van der Waals surface area contributed by atoms with Gasteiger partial charge in [-0.2, -0.15) is 10.2 Å². The van der Waals surface area contributed by atoms with Gasteiger partial charge in [0.15, 0.2) is 11.5 Å². The second-order valence-electron chi connectivity index (χ2n) is 14.6. The van der Waals surface area contributed by atoms with E-state index in [2.05, 4.69) is 25.8 Å². The third-order valence-corrected chi connectivity index (χ3v) is 11.3. The molecule has 0 aliphatic heterocycles. The zero-order valence-electron chi connectivity index (χ0n) is 31.5. The lowest BCUT2D eigenvalue weighted by atomic mass is 10.0. The number of aromatic nitrogens is 2. The van der Waals surface area contributed by atoms with Crippen LogP contribution < -0.4 is 10.9 Å². The Balaban J connectivity index is 0.904. The van der Waals surface area contributed by atoms with Crippen LogP contribution in [0.5, 0.6) is 11.5 Å². The van der Waals surface area contributed by atoms with Crippen LogP contribution in [-0.4, -0.2) is 31.3 Å². The molecule has 2 aromatic heterocycles. The molecule has 1 aliphatic carbocycles. The number of nitrogens with one attached hydrogen (secondary N) is 1. The Bertz CT molecular complexity index is 3680. The first-order chi connectivity index (χ1) is 29.7. The van der Waals surface area contributed by atoms with Gasteiger partial charge in [0.25, 0.3) is 11.5 Å². The minimum atomic E-state index is -0.544. The molecule has 0 bridgehead atoms. The summed E-state index contributed by atoms with van der Waals surface area (Å²) < 4.78 is 1.57. The number of para-hydroxylation sites is 2. The molecular weight excluding hydrogens is 790 g/mol. The lowest BCUT2D eigenvalue weighted by molar-refractivity contribution is 0.102. The number of imidazole rings is 1. The van der Waals surface area contributed by atoms with E-state index in [1.165, 1.54) is 0 Å². The molecule has 0 fully saturated rings. The molecule has 10 aromatic rings. The maximum atomic E-state index is 13.9. The molecule has 11 rings (SSSR count). The molecule has 0 saturated heterocycles. The van der Waals surface area contributed by atoms with Gasteiger partial charge in [0.05, 0.1) is 28.0 Å². The summed E-state index contributed by atoms with van der Waals surface area (Å²) in [6, 6.07) is 39.9. The van der Waals surface area contributed by atoms with Crippen LogP contribution in [0.4, 0.5) is 28.4 Å². The van der Waals surface area contributed by atoms with Gasteiger partial charge in [0.2, 0.25) is 0 Å². The minimum Gasteiger partial charge on any atom is -0.506 e. The largest absolute Gasteiger partial charge is 0.506 e. The van der Waals surface area contributed by atoms with E-state index in [0.29, 0.717) is 93.3 Å². The Kier molecular flexibility index (Phi) is 7.99. The summed E-state index contributed by atoms with van der Waals surface area (Å²) in [4.78, 5) is 45.7. The Morgan fingerprint density at radius 3 is 2.03 bits per heavy atom. The topological polar surface area (TPSA) is 170 Å². The molecule has 0 saturated carbocycles. The van der Waals surface area contributed by atoms with Gasteiger partial charge in [-0.05, 0) is 95.4 Å². The number of pyridine rings is 1. The number of ketones is 1. The van der Waals surface area contributed by atoms with Crippen molar-refractivity contribution < 1.29 is 19.8 Å². The van der Waals surface area contributed by atoms with E-state index < -0.39 is 5.91 Å². The Morgan fingerprint density at radius 1 is 0.623 bits per heavy atom. The first-order valence-electron chi connectivity index (χ1n) is 19.0. The molecule has 1 aliphatic rings. The number of halogens is 1. The first kappa shape index (κ1) is 35.8. The summed E-state index contributed by atoms with van der Waals surface area (Å²) in [7, 11) is 0. The lowest BCUT2D eigenvalue weighted by Gasteiger charge is -2.11. The normalized spacial score (nSPS) is 12.5. The second kappa shape index (κ2) is 13.6. The number of phenolic OH excluding ortho intramolecular Hbond substituents is 2. The van der Waals surface area contributed by atoms with E-state index >= 15 is 0 Å². The Labute approximate surface area is 348 Å². The number of benzene rings is 8. The highest BCUT2D eigenvalue weighted by Crippen LogP contribution is 2.45. The van der Waals surface area contributed by atoms with Crippen LogP contribution in [0.2, 0.25) is 5.02 Å². The zero-order valence-corrected chi connectivity index (χ0v) is 32.2. The molecule has 13 heteroatoms. The molecule has 2 heterocycles. The molecule has 8 aromatic carbocycles. The standard InChI is InChI=1S/C48H26ClN7O5/c49-25-12-14-26(15-13-25)50-47(60)37-20-24-6-1-2-7-29(24)43(45(37)59)55-53-28-17-19-31-30-18-16-27(21-34(30)44(58)35(31)22-28)52-54-42-32-8-5-9-33-41(32)36(23-40(42)57)46-51-38-10-3-4-11-39(38)56(46)48(33)61/h1-23,57,59H,(H,50,60). The molecule has 12 nitrogen and oxygen atoms in total. The summed E-state index contributed by atoms with van der Waals surface area (Å²) in [5.41, 5.74) is 5.28. The van der Waals surface area contributed by atoms with Crippen LogP contribution in [0.1, 0.15) is 26.3 Å². The van der Waals surface area contributed by atoms with Gasteiger partial charge in [-0.3, -0.25) is 18.8 Å². The number of carbonyl (C=O) groups is 2. The van der Waals surface area contributed by atoms with Crippen molar-refractivity contribution in [1.29, 1.82) is 0 Å². The highest BCUT2D eigenvalue weighted by Gasteiger charge is 2.28. The van der Waals surface area contributed by atoms with Crippen molar-refractivity contribution in [3.05, 3.63) is 172 Å². The number of rotatable bonds is 6. The predicted molar refractivity (Wildman–Crippen MR) is 236 cm³/mol. The lowest BCUT2D eigenvalue weighted by Crippen LogP contribution is -2.13. The summed E-state index contributed by atoms with van der Waals surface area (Å²) in [6.45, 7) is 0. The molecule has 0 atom stereocenters. The molecule has 0 unspecified atom stereocenters. The molecule has 290 valence electrons. The van der Waals surface area contributed by atoms with Crippen LogP contribution in [0.25, 0.3) is 60.1 Å². The number of aromatic hydroxyl groups is 2. The first-order valence-corrected chi connectivity index (χ1v) is 19.4. The van der Waals surface area contributed by atoms with Crippen LogP contribution in [0, 0.1) is 0 Å². The minimum absolute atomic E-state index is 0.00581. The number of fused-ring (bicyclic) bond motifs is 8. The fourth-order valence-electron chi connectivity index (χ4n) is 8.17. The van der Waals surface area contributed by atoms with Gasteiger partial charge in [-0.1, -0.05) is 72.3 Å². The van der Waals surface area contributed by atoms with E-state index in [1.54, 1.807) is 108 Å². The molecule has 3 N–H and O–H groups in total. The van der Waals surface area contributed by atoms with Gasteiger partial charge >= 0.3 is 0 Å². The SMILES string of the molecule is O=C1c2cc(N=Nc3c(O)c(C(=O)Nc4ccc(Cl)cc4)cc4ccccc34)ccc2-c2ccc(N=Nc3c(O)cc4c5c3cccc5c(=O)n3c5ccccc5nc43)cc21. The number of azo groups is 2. The third-order valence-electron chi connectivity index (χ3n) is 11.0. The fraction of sp³-hybridized carbons (Fsp3) is 0. The van der Waals surface area contributed by atoms with Crippen LogP contribution in [0.3, 0.4) is 0 Å². The highest BCUT2D eigenvalue weighted by molar-refractivity contribution is 6.30. The van der Waals surface area contributed by atoms with Crippen LogP contribution >= 0.6 is 11.6 Å². The van der Waals surface area contributed by atoms with Crippen molar-refractivity contribution in [1.82, 2.24) is 9.38 Å². The Hall–Kier alpha value is -8.35. The molecule has 0 radical (unpaired) electrons. The fourth-order valence-corrected chi connectivity index (χ4v) is 8.29. The van der Waals surface area contributed by atoms with Gasteiger partial charge < -0.3 is 15.5 Å². The van der Waals surface area contributed by atoms with Crippen molar-refractivity contribution in [2.24, 2.45) is 20.5 Å². The number of phenols is 2. The van der Waals surface area contributed by atoms with Gasteiger partial charge in [0.1, 0.15) is 22.8 Å². The Morgan fingerprint density at radius 2 is 1.28 bits per heavy atom. The van der Waals surface area contributed by atoms with E-state index in [1.807, 2.05) is 36.4 Å². The molecule has 61 heavy (non-hydrogen) atoms. The van der Waals surface area contributed by atoms with E-state index in [-0.39, 0.29) is 39.8 Å². The maximum absolute atomic E-state index is 13.9. The third kappa shape index (κ3) is 5.69. The monoisotopic (exact) mass is 815 g/mol. The van der Waals surface area contributed by atoms with Crippen molar-refractivity contribution in [2.75, 3.05) is 5.32 Å². The predicted octanol–water partition coefficient (Wildman–Crippen LogP) is 12.1. The van der Waals surface area contributed by atoms with Crippen molar-refractivity contribution >= 4 is 101 Å².